The first-order chi connectivity index (χ1) is 50.5. The van der Waals surface area contributed by atoms with Gasteiger partial charge in [-0.15, -0.1) is 0 Å². The largest absolute Gasteiger partial charge is 0.394 e. The molecule has 9 heterocycles. The second-order valence-corrected chi connectivity index (χ2v) is 27.3. The van der Waals surface area contributed by atoms with Gasteiger partial charge in [-0.3, -0.25) is 19.2 Å². The minimum atomic E-state index is -2.50. The van der Waals surface area contributed by atoms with Gasteiger partial charge in [0.2, 0.25) is 23.6 Å². The van der Waals surface area contributed by atoms with E-state index in [0.29, 0.717) is 0 Å². The third-order valence-electron chi connectivity index (χ3n) is 19.5. The highest BCUT2D eigenvalue weighted by Crippen LogP contribution is 2.39. The maximum absolute atomic E-state index is 13.1. The van der Waals surface area contributed by atoms with E-state index in [0.717, 1.165) is 27.7 Å². The molecular formula is C60H100N4O43. The molecule has 0 spiro atoms. The number of carbonyl (C=O) groups excluding carboxylic acids is 4. The zero-order valence-corrected chi connectivity index (χ0v) is 57.9. The number of rotatable bonds is 26. The maximum atomic E-state index is 13.1. The molecule has 0 aromatic carbocycles. The molecule has 26 N–H and O–H groups in total. The minimum absolute atomic E-state index is 0.572. The molecule has 9 aliphatic rings. The monoisotopic (exact) mass is 1560 g/mol. The van der Waals surface area contributed by atoms with Gasteiger partial charge in [0.05, 0.1) is 59.0 Å². The summed E-state index contributed by atoms with van der Waals surface area (Å²) in [5.74, 6) is -3.47. The number of hydrogen-bond donors (Lipinski definition) is 26. The van der Waals surface area contributed by atoms with Crippen molar-refractivity contribution in [1.29, 1.82) is 0 Å². The molecule has 4 amide bonds. The van der Waals surface area contributed by atoms with Gasteiger partial charge in [-0.25, -0.2) is 0 Å². The van der Waals surface area contributed by atoms with Crippen LogP contribution in [0.1, 0.15) is 34.6 Å². The van der Waals surface area contributed by atoms with Crippen LogP contribution < -0.4 is 21.3 Å². The topological polar surface area (TPSA) is 718 Å². The summed E-state index contributed by atoms with van der Waals surface area (Å²) < 4.78 is 101. The molecule has 47 heteroatoms. The Bertz CT molecular complexity index is 2840. The number of nitrogens with one attached hydrogen (secondary N) is 4. The van der Waals surface area contributed by atoms with Crippen molar-refractivity contribution in [1.82, 2.24) is 21.3 Å². The van der Waals surface area contributed by atoms with Gasteiger partial charge in [0.25, 0.3) is 0 Å². The molecule has 9 aliphatic heterocycles. The fraction of sp³-hybridized carbons (Fsp3) is 0.933. The van der Waals surface area contributed by atoms with Crippen molar-refractivity contribution in [2.45, 2.75) is 299 Å². The van der Waals surface area contributed by atoms with E-state index < -0.39 is 340 Å². The zero-order chi connectivity index (χ0) is 78.6. The third kappa shape index (κ3) is 19.8. The quantitative estimate of drug-likeness (QED) is 0.0382. The molecule has 107 heavy (non-hydrogen) atoms. The lowest BCUT2D eigenvalue weighted by molar-refractivity contribution is -0.395. The third-order valence-corrected chi connectivity index (χ3v) is 19.5. The van der Waals surface area contributed by atoms with Gasteiger partial charge >= 0.3 is 0 Å². The van der Waals surface area contributed by atoms with Crippen LogP contribution in [0.25, 0.3) is 0 Å². The Morgan fingerprint density at radius 2 is 0.673 bits per heavy atom. The molecule has 0 aromatic heterocycles. The Morgan fingerprint density at radius 1 is 0.299 bits per heavy atom. The van der Waals surface area contributed by atoms with Gasteiger partial charge in [0, 0.05) is 27.7 Å². The highest BCUT2D eigenvalue weighted by atomic mass is 16.8. The molecule has 0 saturated carbocycles. The normalized spacial score (nSPS) is 49.2. The molecule has 43 atom stereocenters. The first kappa shape index (κ1) is 87.3. The van der Waals surface area contributed by atoms with Gasteiger partial charge in [-0.05, 0) is 6.92 Å². The molecule has 0 unspecified atom stereocenters. The number of hydrogen-bond acceptors (Lipinski definition) is 43. The van der Waals surface area contributed by atoms with E-state index in [2.05, 4.69) is 21.3 Å². The summed E-state index contributed by atoms with van der Waals surface area (Å²) in [5.41, 5.74) is 0. The van der Waals surface area contributed by atoms with Crippen LogP contribution in [-0.2, 0) is 99.7 Å². The van der Waals surface area contributed by atoms with Gasteiger partial charge in [-0.1, -0.05) is 0 Å². The molecule has 47 nitrogen and oxygen atoms in total. The van der Waals surface area contributed by atoms with Gasteiger partial charge in [-0.2, -0.15) is 0 Å². The van der Waals surface area contributed by atoms with Crippen molar-refractivity contribution < 1.29 is 212 Å². The van der Waals surface area contributed by atoms with E-state index in [9.17, 15) is 132 Å². The summed E-state index contributed by atoms with van der Waals surface area (Å²) in [5, 5.41) is 254. The second-order valence-electron chi connectivity index (χ2n) is 27.3. The zero-order valence-electron chi connectivity index (χ0n) is 57.9. The lowest BCUT2D eigenvalue weighted by Crippen LogP contribution is -2.71. The van der Waals surface area contributed by atoms with Crippen LogP contribution in [0.4, 0.5) is 0 Å². The van der Waals surface area contributed by atoms with E-state index in [1.807, 2.05) is 0 Å². The van der Waals surface area contributed by atoms with E-state index in [4.69, 9.17) is 80.5 Å². The Balaban J connectivity index is 1.03. The number of aliphatic hydroxyl groups excluding tert-OH is 22. The van der Waals surface area contributed by atoms with Crippen molar-refractivity contribution in [3.8, 4) is 0 Å². The summed E-state index contributed by atoms with van der Waals surface area (Å²) in [6.45, 7) is -2.28. The van der Waals surface area contributed by atoms with Crippen molar-refractivity contribution in [2.75, 3.05) is 52.9 Å². The van der Waals surface area contributed by atoms with Crippen LogP contribution in [-0.4, -0.2) is 453 Å². The van der Waals surface area contributed by atoms with Crippen LogP contribution >= 0.6 is 0 Å². The number of ether oxygens (including phenoxy) is 17. The fourth-order valence-electron chi connectivity index (χ4n) is 13.7. The van der Waals surface area contributed by atoms with Crippen LogP contribution in [0.15, 0.2) is 0 Å². The van der Waals surface area contributed by atoms with Gasteiger partial charge in [0.15, 0.2) is 56.6 Å². The number of aliphatic hydroxyl groups is 22. The summed E-state index contributed by atoms with van der Waals surface area (Å²) >= 11 is 0. The summed E-state index contributed by atoms with van der Waals surface area (Å²) in [6, 6.07) is -7.20. The summed E-state index contributed by atoms with van der Waals surface area (Å²) in [4.78, 5) is 50.7. The standard InChI is InChI=1S/C60H100N4O43/c1-14-31(75)41(85)44(88)56(95-14)93-13-26-48(38(82)27(52(90)96-26)61-15(2)69)102-54-29(63-17(4)71)40(84)47(24(9-68)99-54)104-58-45(89)49(105-60-51(42(86)35(79)22(7-66)98-60)107-53-28(62-16(3)70)37(81)34(78)21(6-65)97-53)36(80)25(101-58)12-94-59-50(33(77)20(74)11-92-59)106-55-30(64-18(5)72)39(83)46(23(8-67)100-55)103-57-43(87)32(76)19(73)10-91-57/h14,19-60,65-68,73-90H,6-13H2,1-5H3,(H,61,69)(H,62,70)(H,63,71)(H,64,72)/t14-,19-,20+,21+,22+,23+,24+,25+,26+,27+,28+,29+,30+,31+,32-,33-,34+,35+,36+,37+,38+,39+,40+,41+,42-,43+,44-,45-,46+,47+,48+,49-,50-,51-,52+,53-,54-,55-,56+,57-,58-,59+,60+/m0/s1. The Hall–Kier alpha value is -3.68. The first-order valence-corrected chi connectivity index (χ1v) is 34.3. The second kappa shape index (κ2) is 38.0. The van der Waals surface area contributed by atoms with Crippen molar-refractivity contribution in [2.24, 2.45) is 0 Å². The molecular weight excluding hydrogens is 1460 g/mol. The number of amides is 4. The molecule has 9 rings (SSSR count). The van der Waals surface area contributed by atoms with Crippen molar-refractivity contribution in [3.63, 3.8) is 0 Å². The highest BCUT2D eigenvalue weighted by Gasteiger charge is 2.60. The average molecular weight is 1570 g/mol. The van der Waals surface area contributed by atoms with Crippen LogP contribution in [0.3, 0.4) is 0 Å². The molecule has 9 saturated heterocycles. The van der Waals surface area contributed by atoms with Crippen LogP contribution in [0, 0.1) is 0 Å². The lowest BCUT2D eigenvalue weighted by atomic mass is 9.93. The molecule has 0 radical (unpaired) electrons. The predicted molar refractivity (Wildman–Crippen MR) is 330 cm³/mol. The van der Waals surface area contributed by atoms with Gasteiger partial charge in [0.1, 0.15) is 201 Å². The summed E-state index contributed by atoms with van der Waals surface area (Å²) in [6.07, 6.45) is -76.7. The average Bonchev–Trinajstić information content (AvgIpc) is 0.756. The van der Waals surface area contributed by atoms with E-state index in [1.54, 1.807) is 0 Å². The smallest absolute Gasteiger partial charge is 0.217 e. The lowest BCUT2D eigenvalue weighted by Gasteiger charge is -2.51. The minimum Gasteiger partial charge on any atom is -0.394 e. The SMILES string of the molecule is CC(=O)N[C@@H]1[C@@H](O)[C@H](O[C@@H]2O[C@H](CO)[C@@H](O[C@@H]3O[C@H](CO[C@H]4OC[C@@H](O)[C@H](O)[C@@H]4O[C@@H]4O[C@H](CO)[C@@H](O[C@@H]5OC[C@H](O)[C@H](O)[C@H]5O)[C@H](O)[C@H]4NC(C)=O)[C@@H](O)[C@H](O[C@H]4O[C@H](CO)[C@@H](O)[C@H](O)[C@@H]4O[C@@H]4O[C@H](CO)[C@@H](O)[C@H](O)[C@H]4NC(C)=O)[C@@H]3O)[C@H](O)[C@H]2NC(C)=O)[C@@H](CO[C@@H]2O[C@@H](C)[C@@H](O)[C@@H](O)[C@@H]2O)O[C@H]1O. The van der Waals surface area contributed by atoms with Crippen LogP contribution in [0.5, 0.6) is 0 Å². The molecule has 0 aromatic rings. The maximum Gasteiger partial charge on any atom is 0.217 e. The number of carbonyl (C=O) groups is 4. The van der Waals surface area contributed by atoms with E-state index in [-0.39, 0.29) is 0 Å². The fourth-order valence-corrected chi connectivity index (χ4v) is 13.7. The molecule has 0 bridgehead atoms. The molecule has 0 aliphatic carbocycles. The van der Waals surface area contributed by atoms with Crippen molar-refractivity contribution in [3.05, 3.63) is 0 Å². The molecule has 618 valence electrons. The molecule has 9 fully saturated rings. The van der Waals surface area contributed by atoms with Gasteiger partial charge < -0.3 is 214 Å². The first-order valence-electron chi connectivity index (χ1n) is 34.3. The summed E-state index contributed by atoms with van der Waals surface area (Å²) in [7, 11) is 0. The Labute approximate surface area is 606 Å². The highest BCUT2D eigenvalue weighted by molar-refractivity contribution is 5.74. The van der Waals surface area contributed by atoms with E-state index in [1.165, 1.54) is 6.92 Å². The Morgan fingerprint density at radius 3 is 1.20 bits per heavy atom. The van der Waals surface area contributed by atoms with E-state index >= 15 is 0 Å². The van der Waals surface area contributed by atoms with Crippen LogP contribution in [0.2, 0.25) is 0 Å². The van der Waals surface area contributed by atoms with Crippen molar-refractivity contribution >= 4 is 23.6 Å². The Kier molecular flexibility index (Phi) is 31.0. The predicted octanol–water partition coefficient (Wildman–Crippen LogP) is -17.7.